The predicted octanol–water partition coefficient (Wildman–Crippen LogP) is 3.65. The number of carbonyl (C=O) groups is 1. The van der Waals surface area contributed by atoms with Crippen LogP contribution in [0.2, 0.25) is 0 Å². The molecule has 3 fully saturated rings. The molecule has 1 saturated carbocycles. The highest BCUT2D eigenvalue weighted by molar-refractivity contribution is 5.97. The van der Waals surface area contributed by atoms with Crippen molar-refractivity contribution in [2.75, 3.05) is 50.2 Å². The highest BCUT2D eigenvalue weighted by Crippen LogP contribution is 2.30. The fourth-order valence-electron chi connectivity index (χ4n) is 5.38. The molecule has 10 nitrogen and oxygen atoms in total. The lowest BCUT2D eigenvalue weighted by Gasteiger charge is -2.23. The monoisotopic (exact) mass is 534 g/mol. The number of aromatic nitrogens is 3. The van der Waals surface area contributed by atoms with Gasteiger partial charge in [0.05, 0.1) is 25.5 Å². The van der Waals surface area contributed by atoms with E-state index in [2.05, 4.69) is 16.0 Å². The van der Waals surface area contributed by atoms with Gasteiger partial charge in [-0.25, -0.2) is 4.98 Å². The van der Waals surface area contributed by atoms with Crippen molar-refractivity contribution in [2.45, 2.75) is 57.7 Å². The molecule has 10 heteroatoms. The quantitative estimate of drug-likeness (QED) is 0.362. The fourth-order valence-corrected chi connectivity index (χ4v) is 5.38. The van der Waals surface area contributed by atoms with Gasteiger partial charge in [-0.3, -0.25) is 4.79 Å². The number of anilines is 2. The van der Waals surface area contributed by atoms with Crippen molar-refractivity contribution in [2.24, 2.45) is 5.92 Å². The van der Waals surface area contributed by atoms with Crippen LogP contribution in [0.3, 0.4) is 0 Å². The third-order valence-electron chi connectivity index (χ3n) is 7.82. The maximum absolute atomic E-state index is 12.7. The van der Waals surface area contributed by atoms with Crippen molar-refractivity contribution in [1.29, 1.82) is 0 Å². The van der Waals surface area contributed by atoms with Crippen LogP contribution in [0.5, 0.6) is 0 Å². The largest absolute Gasteiger partial charge is 0.381 e. The molecule has 3 N–H and O–H groups in total. The van der Waals surface area contributed by atoms with E-state index in [1.54, 1.807) is 0 Å². The Hall–Kier alpha value is -3.21. The summed E-state index contributed by atoms with van der Waals surface area (Å²) in [6.07, 6.45) is 6.06. The second-order valence-corrected chi connectivity index (χ2v) is 10.8. The van der Waals surface area contributed by atoms with Crippen molar-refractivity contribution < 1.29 is 19.0 Å². The number of hydrogen-bond acceptors (Lipinski definition) is 8. The van der Waals surface area contributed by atoms with Gasteiger partial charge < -0.3 is 30.2 Å². The van der Waals surface area contributed by atoms with Crippen LogP contribution < -0.4 is 16.0 Å². The Morgan fingerprint density at radius 2 is 1.97 bits per heavy atom. The summed E-state index contributed by atoms with van der Waals surface area (Å²) in [5.74, 6) is 2.17. The van der Waals surface area contributed by atoms with Crippen molar-refractivity contribution in [3.63, 3.8) is 0 Å². The molecule has 2 aliphatic heterocycles. The van der Waals surface area contributed by atoms with Crippen LogP contribution in [0.25, 0.3) is 16.8 Å². The van der Waals surface area contributed by atoms with Gasteiger partial charge in [-0.15, -0.1) is 0 Å². The van der Waals surface area contributed by atoms with Crippen molar-refractivity contribution in [3.8, 4) is 11.1 Å². The summed E-state index contributed by atoms with van der Waals surface area (Å²) in [6.45, 7) is 8.22. The maximum Gasteiger partial charge on any atom is 0.251 e. The first kappa shape index (κ1) is 26.0. The molecule has 3 aromatic rings. The van der Waals surface area contributed by atoms with Gasteiger partial charge in [0, 0.05) is 49.6 Å². The van der Waals surface area contributed by atoms with Gasteiger partial charge in [0.1, 0.15) is 17.7 Å². The average Bonchev–Trinajstić information content (AvgIpc) is 3.48. The third kappa shape index (κ3) is 5.88. The first-order chi connectivity index (χ1) is 19.1. The molecule has 1 aromatic carbocycles. The van der Waals surface area contributed by atoms with Gasteiger partial charge in [-0.1, -0.05) is 12.1 Å². The van der Waals surface area contributed by atoms with E-state index in [4.69, 9.17) is 24.3 Å². The molecule has 2 aromatic heterocycles. The summed E-state index contributed by atoms with van der Waals surface area (Å²) >= 11 is 0. The lowest BCUT2D eigenvalue weighted by atomic mass is 10.0. The van der Waals surface area contributed by atoms with E-state index in [0.29, 0.717) is 37.3 Å². The molecule has 6 rings (SSSR count). The molecule has 1 aliphatic carbocycles. The summed E-state index contributed by atoms with van der Waals surface area (Å²) in [6, 6.07) is 8.29. The Bertz CT molecular complexity index is 1320. The molecule has 2 saturated heterocycles. The number of fused-ring (bicyclic) bond motifs is 1. The summed E-state index contributed by atoms with van der Waals surface area (Å²) in [7, 11) is 0. The number of aryl methyl sites for hydroxylation is 1. The van der Waals surface area contributed by atoms with Gasteiger partial charge >= 0.3 is 0 Å². The van der Waals surface area contributed by atoms with Crippen molar-refractivity contribution in [1.82, 2.24) is 19.9 Å². The first-order valence-electron chi connectivity index (χ1n) is 14.2. The van der Waals surface area contributed by atoms with E-state index in [1.165, 1.54) is 0 Å². The number of benzene rings is 1. The summed E-state index contributed by atoms with van der Waals surface area (Å²) in [5, 5.41) is 15.0. The topological polar surface area (TPSA) is 111 Å². The SMILES string of the molecule is CCO[C@H]1COC[C@@H]1Nc1cc(NCC2CCOCC2)n2ncc(-c3ccc(C(=O)NC4CC4)c(C)c3)c2n1. The molecule has 0 unspecified atom stereocenters. The smallest absolute Gasteiger partial charge is 0.251 e. The van der Waals surface area contributed by atoms with Crippen LogP contribution in [0.1, 0.15) is 48.5 Å². The van der Waals surface area contributed by atoms with Gasteiger partial charge in [0.25, 0.3) is 5.91 Å². The van der Waals surface area contributed by atoms with E-state index in [-0.39, 0.29) is 18.1 Å². The van der Waals surface area contributed by atoms with E-state index >= 15 is 0 Å². The molecule has 3 aliphatic rings. The van der Waals surface area contributed by atoms with Crippen LogP contribution in [-0.2, 0) is 14.2 Å². The molecule has 208 valence electrons. The van der Waals surface area contributed by atoms with Crippen LogP contribution in [0.4, 0.5) is 11.6 Å². The molecule has 2 atom stereocenters. The van der Waals surface area contributed by atoms with Crippen molar-refractivity contribution in [3.05, 3.63) is 41.6 Å². The number of rotatable bonds is 10. The minimum Gasteiger partial charge on any atom is -0.381 e. The normalized spacial score (nSPS) is 21.8. The number of hydrogen-bond donors (Lipinski definition) is 3. The Balaban J connectivity index is 1.31. The van der Waals surface area contributed by atoms with Crippen LogP contribution in [-0.4, -0.2) is 78.3 Å². The number of carbonyl (C=O) groups excluding carboxylic acids is 1. The lowest BCUT2D eigenvalue weighted by molar-refractivity contribution is 0.0478. The fraction of sp³-hybridized carbons (Fsp3) is 0.552. The lowest BCUT2D eigenvalue weighted by Crippen LogP contribution is -2.34. The minimum atomic E-state index is -0.0203. The Kier molecular flexibility index (Phi) is 7.67. The molecule has 1 amide bonds. The summed E-state index contributed by atoms with van der Waals surface area (Å²) in [4.78, 5) is 17.7. The molecule has 0 radical (unpaired) electrons. The zero-order valence-corrected chi connectivity index (χ0v) is 22.7. The average molecular weight is 535 g/mol. The number of nitrogens with one attached hydrogen (secondary N) is 3. The van der Waals surface area contributed by atoms with Crippen LogP contribution in [0.15, 0.2) is 30.5 Å². The van der Waals surface area contributed by atoms with E-state index in [0.717, 1.165) is 79.4 Å². The zero-order valence-electron chi connectivity index (χ0n) is 22.7. The highest BCUT2D eigenvalue weighted by Gasteiger charge is 2.30. The molecular formula is C29H38N6O4. The molecule has 39 heavy (non-hydrogen) atoms. The van der Waals surface area contributed by atoms with Crippen LogP contribution >= 0.6 is 0 Å². The minimum absolute atomic E-state index is 0.00624. The van der Waals surface area contributed by atoms with E-state index in [9.17, 15) is 4.79 Å². The van der Waals surface area contributed by atoms with Gasteiger partial charge in [-0.05, 0) is 62.6 Å². The van der Waals surface area contributed by atoms with Gasteiger partial charge in [0.2, 0.25) is 0 Å². The second kappa shape index (κ2) is 11.5. The molecular weight excluding hydrogens is 496 g/mol. The van der Waals surface area contributed by atoms with Crippen molar-refractivity contribution >= 4 is 23.2 Å². The molecule has 0 spiro atoms. The van der Waals surface area contributed by atoms with E-state index < -0.39 is 0 Å². The van der Waals surface area contributed by atoms with Gasteiger partial charge in [-0.2, -0.15) is 9.61 Å². The second-order valence-electron chi connectivity index (χ2n) is 10.8. The number of ether oxygens (including phenoxy) is 3. The molecule has 0 bridgehead atoms. The first-order valence-corrected chi connectivity index (χ1v) is 14.2. The van der Waals surface area contributed by atoms with Gasteiger partial charge in [0.15, 0.2) is 5.65 Å². The summed E-state index contributed by atoms with van der Waals surface area (Å²) < 4.78 is 19.0. The number of amides is 1. The van der Waals surface area contributed by atoms with Crippen LogP contribution in [0, 0.1) is 12.8 Å². The molecule has 4 heterocycles. The third-order valence-corrected chi connectivity index (χ3v) is 7.82. The maximum atomic E-state index is 12.7. The Morgan fingerprint density at radius 3 is 2.74 bits per heavy atom. The highest BCUT2D eigenvalue weighted by atomic mass is 16.5. The summed E-state index contributed by atoms with van der Waals surface area (Å²) in [5.41, 5.74) is 4.27. The Morgan fingerprint density at radius 1 is 1.13 bits per heavy atom. The van der Waals surface area contributed by atoms with E-state index in [1.807, 2.05) is 48.8 Å². The standard InChI is InChI=1S/C29H38N6O4/c1-3-39-25-17-38-16-24(25)33-26-13-27(30-14-19-8-10-37-11-9-19)35-28(34-26)23(15-31-35)20-4-7-22(18(2)12-20)29(36)32-21-5-6-21/h4,7,12-13,15,19,21,24-25,30H,3,5-6,8-11,14,16-17H2,1-2H3,(H,32,36)(H,33,34)/t24-,25-/m0/s1. The zero-order chi connectivity index (χ0) is 26.8. The predicted molar refractivity (Wildman–Crippen MR) is 149 cm³/mol. The number of nitrogens with zero attached hydrogens (tertiary/aromatic N) is 3. The Labute approximate surface area is 228 Å².